The van der Waals surface area contributed by atoms with Crippen molar-refractivity contribution in [2.45, 2.75) is 40.5 Å². The highest BCUT2D eigenvalue weighted by Gasteiger charge is 2.34. The lowest BCUT2D eigenvalue weighted by Crippen LogP contribution is -2.09. The first kappa shape index (κ1) is 8.83. The predicted octanol–water partition coefficient (Wildman–Crippen LogP) is 3.63. The predicted molar refractivity (Wildman–Crippen MR) is 50.5 cm³/mol. The first-order valence-corrected chi connectivity index (χ1v) is 4.60. The van der Waals surface area contributed by atoms with E-state index < -0.39 is 0 Å². The van der Waals surface area contributed by atoms with Crippen LogP contribution in [-0.2, 0) is 0 Å². The molecule has 0 aliphatic heterocycles. The molecule has 0 nitrogen and oxygen atoms in total. The minimum absolute atomic E-state index is 0.520. The molecule has 64 valence electrons. The molecule has 11 heavy (non-hydrogen) atoms. The molecule has 1 rings (SSSR count). The fourth-order valence-electron chi connectivity index (χ4n) is 2.26. The molecule has 1 fully saturated rings. The Morgan fingerprint density at radius 3 is 2.18 bits per heavy atom. The van der Waals surface area contributed by atoms with E-state index in [-0.39, 0.29) is 0 Å². The molecule has 0 aromatic rings. The van der Waals surface area contributed by atoms with Gasteiger partial charge < -0.3 is 0 Å². The van der Waals surface area contributed by atoms with Gasteiger partial charge in [0.25, 0.3) is 0 Å². The number of allylic oxidation sites excluding steroid dienone is 1. The first-order valence-electron chi connectivity index (χ1n) is 4.60. The van der Waals surface area contributed by atoms with E-state index in [1.165, 1.54) is 18.4 Å². The summed E-state index contributed by atoms with van der Waals surface area (Å²) in [6.07, 6.45) is 2.57. The molecular formula is C11H20. The third kappa shape index (κ3) is 1.85. The Balaban J connectivity index is 2.67. The highest BCUT2D eigenvalue weighted by molar-refractivity contribution is 5.12. The minimum Gasteiger partial charge on any atom is -0.0996 e. The second kappa shape index (κ2) is 2.66. The van der Waals surface area contributed by atoms with E-state index in [1.807, 2.05) is 0 Å². The Labute approximate surface area is 70.7 Å². The van der Waals surface area contributed by atoms with Gasteiger partial charge >= 0.3 is 0 Å². The Morgan fingerprint density at radius 1 is 1.45 bits per heavy atom. The molecule has 1 aliphatic carbocycles. The molecule has 0 unspecified atom stereocenters. The van der Waals surface area contributed by atoms with Crippen LogP contribution in [0.25, 0.3) is 0 Å². The Kier molecular flexibility index (Phi) is 2.13. The minimum atomic E-state index is 0.520. The van der Waals surface area contributed by atoms with Gasteiger partial charge in [-0.05, 0) is 30.1 Å². The molecule has 0 heteroatoms. The lowest BCUT2D eigenvalue weighted by molar-refractivity contribution is 0.327. The summed E-state index contributed by atoms with van der Waals surface area (Å²) < 4.78 is 0. The van der Waals surface area contributed by atoms with Crippen LogP contribution in [0.4, 0.5) is 0 Å². The van der Waals surface area contributed by atoms with Crippen LogP contribution < -0.4 is 0 Å². The summed E-state index contributed by atoms with van der Waals surface area (Å²) in [5.74, 6) is 1.56. The topological polar surface area (TPSA) is 0 Å². The molecule has 0 amide bonds. The van der Waals surface area contributed by atoms with Crippen molar-refractivity contribution < 1.29 is 0 Å². The second-order valence-corrected chi connectivity index (χ2v) is 5.05. The molecule has 0 radical (unpaired) electrons. The van der Waals surface area contributed by atoms with Gasteiger partial charge in [0.05, 0.1) is 0 Å². The average molecular weight is 152 g/mol. The second-order valence-electron chi connectivity index (χ2n) is 5.05. The maximum atomic E-state index is 4.15. The summed E-state index contributed by atoms with van der Waals surface area (Å²) in [5.41, 5.74) is 2.00. The number of hydrogen-bond donors (Lipinski definition) is 0. The third-order valence-corrected chi connectivity index (χ3v) is 2.81. The van der Waals surface area contributed by atoms with Crippen LogP contribution in [0.3, 0.4) is 0 Å². The Morgan fingerprint density at radius 2 is 2.00 bits per heavy atom. The fourth-order valence-corrected chi connectivity index (χ4v) is 2.26. The standard InChI is InChI=1S/C11H20/c1-8(2)10-7-11(4,5)6-9(10)3/h8,10H,3,6-7H2,1-2,4-5H3/t10-/m0/s1. The maximum Gasteiger partial charge on any atom is -0.0177 e. The van der Waals surface area contributed by atoms with Crippen LogP contribution in [0.15, 0.2) is 12.2 Å². The summed E-state index contributed by atoms with van der Waals surface area (Å²) in [6, 6.07) is 0. The molecule has 0 aromatic heterocycles. The van der Waals surface area contributed by atoms with Gasteiger partial charge in [0.2, 0.25) is 0 Å². The SMILES string of the molecule is C=C1CC(C)(C)C[C@H]1C(C)C. The molecule has 0 bridgehead atoms. The van der Waals surface area contributed by atoms with Crippen molar-refractivity contribution in [3.8, 4) is 0 Å². The van der Waals surface area contributed by atoms with Crippen LogP contribution >= 0.6 is 0 Å². The summed E-state index contributed by atoms with van der Waals surface area (Å²) in [5, 5.41) is 0. The van der Waals surface area contributed by atoms with Gasteiger partial charge in [0.15, 0.2) is 0 Å². The highest BCUT2D eigenvalue weighted by Crippen LogP contribution is 2.46. The first-order chi connectivity index (χ1) is 4.92. The van der Waals surface area contributed by atoms with Crippen molar-refractivity contribution in [3.05, 3.63) is 12.2 Å². The quantitative estimate of drug-likeness (QED) is 0.503. The normalized spacial score (nSPS) is 29.9. The van der Waals surface area contributed by atoms with Crippen molar-refractivity contribution in [1.29, 1.82) is 0 Å². The summed E-state index contributed by atoms with van der Waals surface area (Å²) >= 11 is 0. The van der Waals surface area contributed by atoms with Gasteiger partial charge in [-0.1, -0.05) is 39.8 Å². The zero-order chi connectivity index (χ0) is 8.65. The van der Waals surface area contributed by atoms with Crippen molar-refractivity contribution in [2.24, 2.45) is 17.3 Å². The van der Waals surface area contributed by atoms with E-state index in [9.17, 15) is 0 Å². The van der Waals surface area contributed by atoms with Crippen LogP contribution in [-0.4, -0.2) is 0 Å². The van der Waals surface area contributed by atoms with Gasteiger partial charge in [-0.3, -0.25) is 0 Å². The maximum absolute atomic E-state index is 4.15. The summed E-state index contributed by atoms with van der Waals surface area (Å²) in [6.45, 7) is 13.5. The van der Waals surface area contributed by atoms with Gasteiger partial charge in [-0.15, -0.1) is 0 Å². The molecule has 0 heterocycles. The van der Waals surface area contributed by atoms with Crippen molar-refractivity contribution in [2.75, 3.05) is 0 Å². The van der Waals surface area contributed by atoms with Crippen molar-refractivity contribution in [1.82, 2.24) is 0 Å². The van der Waals surface area contributed by atoms with Crippen LogP contribution in [0, 0.1) is 17.3 Å². The number of hydrogen-bond acceptors (Lipinski definition) is 0. The summed E-state index contributed by atoms with van der Waals surface area (Å²) in [4.78, 5) is 0. The summed E-state index contributed by atoms with van der Waals surface area (Å²) in [7, 11) is 0. The van der Waals surface area contributed by atoms with E-state index in [2.05, 4.69) is 34.3 Å². The van der Waals surface area contributed by atoms with Gasteiger partial charge in [0, 0.05) is 0 Å². The van der Waals surface area contributed by atoms with Gasteiger partial charge in [-0.25, -0.2) is 0 Å². The lowest BCUT2D eigenvalue weighted by atomic mass is 9.87. The van der Waals surface area contributed by atoms with E-state index in [1.54, 1.807) is 0 Å². The molecule has 0 saturated heterocycles. The van der Waals surface area contributed by atoms with Crippen LogP contribution in [0.1, 0.15) is 40.5 Å². The molecular weight excluding hydrogens is 132 g/mol. The third-order valence-electron chi connectivity index (χ3n) is 2.81. The molecule has 0 aromatic carbocycles. The molecule has 1 atom stereocenters. The molecule has 0 spiro atoms. The monoisotopic (exact) mass is 152 g/mol. The van der Waals surface area contributed by atoms with Crippen molar-refractivity contribution >= 4 is 0 Å². The van der Waals surface area contributed by atoms with Gasteiger partial charge in [0.1, 0.15) is 0 Å². The van der Waals surface area contributed by atoms with Crippen molar-refractivity contribution in [3.63, 3.8) is 0 Å². The smallest absolute Gasteiger partial charge is 0.0177 e. The zero-order valence-electron chi connectivity index (χ0n) is 8.28. The number of rotatable bonds is 1. The van der Waals surface area contributed by atoms with E-state index >= 15 is 0 Å². The van der Waals surface area contributed by atoms with E-state index in [0.29, 0.717) is 5.41 Å². The average Bonchev–Trinajstić information content (AvgIpc) is 2.05. The fraction of sp³-hybridized carbons (Fsp3) is 0.818. The van der Waals surface area contributed by atoms with E-state index in [4.69, 9.17) is 0 Å². The van der Waals surface area contributed by atoms with Crippen LogP contribution in [0.2, 0.25) is 0 Å². The zero-order valence-corrected chi connectivity index (χ0v) is 8.28. The van der Waals surface area contributed by atoms with Gasteiger partial charge in [-0.2, -0.15) is 0 Å². The molecule has 0 N–H and O–H groups in total. The Bertz CT molecular complexity index is 163. The lowest BCUT2D eigenvalue weighted by Gasteiger charge is -2.18. The Hall–Kier alpha value is -0.260. The molecule has 1 aliphatic rings. The van der Waals surface area contributed by atoms with Crippen LogP contribution in [0.5, 0.6) is 0 Å². The van der Waals surface area contributed by atoms with E-state index in [0.717, 1.165) is 11.8 Å². The highest BCUT2D eigenvalue weighted by atomic mass is 14.4. The largest absolute Gasteiger partial charge is 0.0996 e. The molecule has 1 saturated carbocycles.